The van der Waals surface area contributed by atoms with Crippen molar-refractivity contribution in [2.45, 2.75) is 77.6 Å². The molecule has 24 heavy (non-hydrogen) atoms. The summed E-state index contributed by atoms with van der Waals surface area (Å²) >= 11 is 0. The van der Waals surface area contributed by atoms with Gasteiger partial charge in [0, 0.05) is 13.0 Å². The zero-order chi connectivity index (χ0) is 17.9. The van der Waals surface area contributed by atoms with E-state index in [0.717, 1.165) is 38.8 Å². The van der Waals surface area contributed by atoms with Gasteiger partial charge in [-0.25, -0.2) is 0 Å². The van der Waals surface area contributed by atoms with E-state index in [9.17, 15) is 4.79 Å². The first-order valence-corrected chi connectivity index (χ1v) is 9.93. The molecule has 0 aliphatic carbocycles. The van der Waals surface area contributed by atoms with Gasteiger partial charge in [-0.15, -0.1) is 0 Å². The highest BCUT2D eigenvalue weighted by molar-refractivity contribution is 5.69. The van der Waals surface area contributed by atoms with E-state index < -0.39 is 0 Å². The monoisotopic (exact) mass is 344 g/mol. The first-order chi connectivity index (χ1) is 11.7. The van der Waals surface area contributed by atoms with E-state index in [1.165, 1.54) is 38.5 Å². The Kier molecular flexibility index (Phi) is 18.2. The Labute approximate surface area is 148 Å². The SMILES string of the molecule is CCCCCCCCCCOC(=O)CCCN(CCO)CCCN. The van der Waals surface area contributed by atoms with Crippen LogP contribution in [-0.2, 0) is 9.53 Å². The molecule has 0 rings (SSSR count). The van der Waals surface area contributed by atoms with Crippen molar-refractivity contribution in [1.29, 1.82) is 0 Å². The Balaban J connectivity index is 3.45. The van der Waals surface area contributed by atoms with Gasteiger partial charge < -0.3 is 20.5 Å². The Morgan fingerprint density at radius 3 is 2.17 bits per heavy atom. The first-order valence-electron chi connectivity index (χ1n) is 9.93. The lowest BCUT2D eigenvalue weighted by Gasteiger charge is -2.20. The van der Waals surface area contributed by atoms with Gasteiger partial charge in [-0.05, 0) is 38.9 Å². The third-order valence-electron chi connectivity index (χ3n) is 4.21. The number of aliphatic hydroxyl groups is 1. The number of nitrogens with zero attached hydrogens (tertiary/aromatic N) is 1. The Bertz CT molecular complexity index is 275. The molecule has 0 amide bonds. The summed E-state index contributed by atoms with van der Waals surface area (Å²) in [5.74, 6) is -0.0966. The van der Waals surface area contributed by atoms with Crippen molar-refractivity contribution in [3.8, 4) is 0 Å². The standard InChI is InChI=1S/C19H40N2O3/c1-2-3-4-5-6-7-8-9-18-24-19(23)12-10-14-21(16-17-22)15-11-13-20/h22H,2-18,20H2,1H3. The van der Waals surface area contributed by atoms with Crippen LogP contribution in [0.4, 0.5) is 0 Å². The van der Waals surface area contributed by atoms with Crippen LogP contribution < -0.4 is 5.73 Å². The smallest absolute Gasteiger partial charge is 0.305 e. The highest BCUT2D eigenvalue weighted by atomic mass is 16.5. The molecule has 0 unspecified atom stereocenters. The molecule has 5 nitrogen and oxygen atoms in total. The number of rotatable bonds is 18. The van der Waals surface area contributed by atoms with Gasteiger partial charge >= 0.3 is 5.97 Å². The molecule has 0 fully saturated rings. The molecule has 0 heterocycles. The fraction of sp³-hybridized carbons (Fsp3) is 0.947. The summed E-state index contributed by atoms with van der Waals surface area (Å²) < 4.78 is 5.28. The third kappa shape index (κ3) is 16.2. The van der Waals surface area contributed by atoms with Gasteiger partial charge in [0.1, 0.15) is 0 Å². The summed E-state index contributed by atoms with van der Waals surface area (Å²) in [6.45, 7) is 5.93. The molecule has 0 aromatic carbocycles. The highest BCUT2D eigenvalue weighted by Gasteiger charge is 2.07. The second-order valence-electron chi connectivity index (χ2n) is 6.51. The predicted molar refractivity (Wildman–Crippen MR) is 100 cm³/mol. The Morgan fingerprint density at radius 1 is 0.917 bits per heavy atom. The van der Waals surface area contributed by atoms with E-state index in [2.05, 4.69) is 11.8 Å². The van der Waals surface area contributed by atoms with E-state index in [-0.39, 0.29) is 12.6 Å². The quantitative estimate of drug-likeness (QED) is 0.295. The highest BCUT2D eigenvalue weighted by Crippen LogP contribution is 2.08. The van der Waals surface area contributed by atoms with Crippen LogP contribution in [0.3, 0.4) is 0 Å². The normalized spacial score (nSPS) is 11.2. The Morgan fingerprint density at radius 2 is 1.54 bits per heavy atom. The van der Waals surface area contributed by atoms with Crippen LogP contribution in [0.1, 0.15) is 77.6 Å². The topological polar surface area (TPSA) is 75.8 Å². The van der Waals surface area contributed by atoms with Crippen LogP contribution in [0.5, 0.6) is 0 Å². The van der Waals surface area contributed by atoms with Gasteiger partial charge in [-0.1, -0.05) is 51.9 Å². The second-order valence-corrected chi connectivity index (χ2v) is 6.51. The molecule has 5 heteroatoms. The van der Waals surface area contributed by atoms with Crippen LogP contribution in [0.25, 0.3) is 0 Å². The Hall–Kier alpha value is -0.650. The van der Waals surface area contributed by atoms with Gasteiger partial charge in [-0.3, -0.25) is 4.79 Å². The lowest BCUT2D eigenvalue weighted by Crippen LogP contribution is -2.30. The summed E-state index contributed by atoms with van der Waals surface area (Å²) in [5, 5.41) is 9.03. The van der Waals surface area contributed by atoms with E-state index in [1.54, 1.807) is 0 Å². The number of carbonyl (C=O) groups is 1. The van der Waals surface area contributed by atoms with E-state index >= 15 is 0 Å². The number of hydrogen-bond donors (Lipinski definition) is 2. The van der Waals surface area contributed by atoms with Crippen molar-refractivity contribution >= 4 is 5.97 Å². The minimum Gasteiger partial charge on any atom is -0.466 e. The van der Waals surface area contributed by atoms with Crippen molar-refractivity contribution < 1.29 is 14.6 Å². The number of unbranched alkanes of at least 4 members (excludes halogenated alkanes) is 7. The maximum absolute atomic E-state index is 11.7. The number of esters is 1. The third-order valence-corrected chi connectivity index (χ3v) is 4.21. The van der Waals surface area contributed by atoms with Crippen molar-refractivity contribution in [3.63, 3.8) is 0 Å². The average molecular weight is 345 g/mol. The number of hydrogen-bond acceptors (Lipinski definition) is 5. The molecule has 0 saturated carbocycles. The van der Waals surface area contributed by atoms with Crippen LogP contribution >= 0.6 is 0 Å². The summed E-state index contributed by atoms with van der Waals surface area (Å²) in [7, 11) is 0. The van der Waals surface area contributed by atoms with Crippen LogP contribution in [0, 0.1) is 0 Å². The largest absolute Gasteiger partial charge is 0.466 e. The minimum atomic E-state index is -0.0966. The fourth-order valence-electron chi connectivity index (χ4n) is 2.73. The van der Waals surface area contributed by atoms with Gasteiger partial charge in [0.05, 0.1) is 13.2 Å². The molecule has 3 N–H and O–H groups in total. The molecular weight excluding hydrogens is 304 g/mol. The summed E-state index contributed by atoms with van der Waals surface area (Å²) in [6.07, 6.45) is 12.2. The molecule has 0 aromatic heterocycles. The summed E-state index contributed by atoms with van der Waals surface area (Å²) in [5.41, 5.74) is 5.51. The molecule has 0 saturated heterocycles. The van der Waals surface area contributed by atoms with Gasteiger partial charge in [0.15, 0.2) is 0 Å². The molecule has 0 aliphatic heterocycles. The van der Waals surface area contributed by atoms with Crippen LogP contribution in [0.2, 0.25) is 0 Å². The molecule has 0 aromatic rings. The fourth-order valence-corrected chi connectivity index (χ4v) is 2.73. The van der Waals surface area contributed by atoms with Gasteiger partial charge in [0.2, 0.25) is 0 Å². The van der Waals surface area contributed by atoms with Gasteiger partial charge in [0.25, 0.3) is 0 Å². The lowest BCUT2D eigenvalue weighted by molar-refractivity contribution is -0.143. The van der Waals surface area contributed by atoms with Crippen molar-refractivity contribution in [2.75, 3.05) is 39.4 Å². The van der Waals surface area contributed by atoms with E-state index in [0.29, 0.717) is 26.1 Å². The molecular formula is C19H40N2O3. The number of carbonyl (C=O) groups excluding carboxylic acids is 1. The maximum Gasteiger partial charge on any atom is 0.305 e. The number of ether oxygens (including phenoxy) is 1. The zero-order valence-corrected chi connectivity index (χ0v) is 15.8. The molecule has 144 valence electrons. The first kappa shape index (κ1) is 23.4. The number of nitrogens with two attached hydrogens (primary N) is 1. The molecule has 0 radical (unpaired) electrons. The van der Waals surface area contributed by atoms with Crippen molar-refractivity contribution in [3.05, 3.63) is 0 Å². The maximum atomic E-state index is 11.7. The van der Waals surface area contributed by atoms with Crippen LogP contribution in [-0.4, -0.2) is 55.4 Å². The van der Waals surface area contributed by atoms with Gasteiger partial charge in [-0.2, -0.15) is 0 Å². The van der Waals surface area contributed by atoms with Crippen LogP contribution in [0.15, 0.2) is 0 Å². The van der Waals surface area contributed by atoms with Crippen molar-refractivity contribution in [1.82, 2.24) is 4.90 Å². The number of aliphatic hydroxyl groups excluding tert-OH is 1. The molecule has 0 aliphatic rings. The average Bonchev–Trinajstić information content (AvgIpc) is 2.58. The molecule has 0 bridgehead atoms. The summed E-state index contributed by atoms with van der Waals surface area (Å²) in [4.78, 5) is 13.8. The zero-order valence-electron chi connectivity index (χ0n) is 15.8. The van der Waals surface area contributed by atoms with E-state index in [1.807, 2.05) is 0 Å². The lowest BCUT2D eigenvalue weighted by atomic mass is 10.1. The second kappa shape index (κ2) is 18.7. The molecule has 0 spiro atoms. The summed E-state index contributed by atoms with van der Waals surface area (Å²) in [6, 6.07) is 0. The predicted octanol–water partition coefficient (Wildman–Crippen LogP) is 3.09. The molecule has 0 atom stereocenters. The van der Waals surface area contributed by atoms with E-state index in [4.69, 9.17) is 15.6 Å². The minimum absolute atomic E-state index is 0.0966. The van der Waals surface area contributed by atoms with Crippen molar-refractivity contribution in [2.24, 2.45) is 5.73 Å².